The lowest BCUT2D eigenvalue weighted by atomic mass is 9.91. The van der Waals surface area contributed by atoms with Crippen LogP contribution in [0.15, 0.2) is 30.5 Å². The van der Waals surface area contributed by atoms with Crippen molar-refractivity contribution in [3.05, 3.63) is 41.9 Å². The molecule has 2 N–H and O–H groups in total. The van der Waals surface area contributed by atoms with Gasteiger partial charge in [-0.15, -0.1) is 0 Å². The highest BCUT2D eigenvalue weighted by Gasteiger charge is 2.36. The lowest BCUT2D eigenvalue weighted by Gasteiger charge is -2.31. The SMILES string of the molecule is Cc1nccc(-c2ccc(OCC(C)(CC(C)C)NC(=O)O)c(C(F)(F)F)c2)n1. The third-order valence-electron chi connectivity index (χ3n) is 4.17. The van der Waals surface area contributed by atoms with Crippen LogP contribution in [-0.2, 0) is 6.18 Å². The molecule has 0 aliphatic rings. The van der Waals surface area contributed by atoms with E-state index in [1.54, 1.807) is 13.8 Å². The van der Waals surface area contributed by atoms with Crippen LogP contribution in [0, 0.1) is 12.8 Å². The number of carbonyl (C=O) groups is 1. The van der Waals surface area contributed by atoms with Gasteiger partial charge in [-0.2, -0.15) is 13.2 Å². The summed E-state index contributed by atoms with van der Waals surface area (Å²) in [7, 11) is 0. The van der Waals surface area contributed by atoms with Crippen molar-refractivity contribution < 1.29 is 27.8 Å². The number of aromatic nitrogens is 2. The molecule has 2 aromatic rings. The molecule has 1 heterocycles. The molecule has 158 valence electrons. The summed E-state index contributed by atoms with van der Waals surface area (Å²) in [6, 6.07) is 5.21. The van der Waals surface area contributed by atoms with E-state index in [4.69, 9.17) is 9.84 Å². The Kier molecular flexibility index (Phi) is 6.71. The van der Waals surface area contributed by atoms with Gasteiger partial charge in [-0.1, -0.05) is 13.8 Å². The molecule has 1 atom stereocenters. The van der Waals surface area contributed by atoms with Crippen LogP contribution < -0.4 is 10.1 Å². The van der Waals surface area contributed by atoms with E-state index in [1.807, 2.05) is 13.8 Å². The maximum atomic E-state index is 13.6. The molecule has 29 heavy (non-hydrogen) atoms. The number of rotatable bonds is 7. The van der Waals surface area contributed by atoms with E-state index in [1.165, 1.54) is 24.4 Å². The first-order valence-corrected chi connectivity index (χ1v) is 9.05. The van der Waals surface area contributed by atoms with Gasteiger partial charge in [0.2, 0.25) is 0 Å². The van der Waals surface area contributed by atoms with Gasteiger partial charge in [-0.3, -0.25) is 0 Å². The summed E-state index contributed by atoms with van der Waals surface area (Å²) in [6.07, 6.45) is -4.03. The fourth-order valence-corrected chi connectivity index (χ4v) is 3.20. The highest BCUT2D eigenvalue weighted by Crippen LogP contribution is 2.39. The van der Waals surface area contributed by atoms with E-state index >= 15 is 0 Å². The summed E-state index contributed by atoms with van der Waals surface area (Å²) in [5, 5.41) is 11.4. The minimum atomic E-state index is -4.65. The number of nitrogens with one attached hydrogen (secondary N) is 1. The van der Waals surface area contributed by atoms with E-state index < -0.39 is 23.4 Å². The van der Waals surface area contributed by atoms with Crippen LogP contribution in [0.2, 0.25) is 0 Å². The van der Waals surface area contributed by atoms with Crippen LogP contribution >= 0.6 is 0 Å². The fourth-order valence-electron chi connectivity index (χ4n) is 3.20. The first-order chi connectivity index (χ1) is 13.4. The van der Waals surface area contributed by atoms with E-state index in [0.717, 1.165) is 6.07 Å². The quantitative estimate of drug-likeness (QED) is 0.675. The summed E-state index contributed by atoms with van der Waals surface area (Å²) >= 11 is 0. The highest BCUT2D eigenvalue weighted by atomic mass is 19.4. The van der Waals surface area contributed by atoms with E-state index in [-0.39, 0.29) is 23.8 Å². The maximum Gasteiger partial charge on any atom is 0.419 e. The van der Waals surface area contributed by atoms with Gasteiger partial charge < -0.3 is 15.2 Å². The maximum absolute atomic E-state index is 13.6. The van der Waals surface area contributed by atoms with Crippen molar-refractivity contribution in [2.24, 2.45) is 5.92 Å². The number of halogens is 3. The lowest BCUT2D eigenvalue weighted by Crippen LogP contribution is -2.50. The molecule has 0 saturated carbocycles. The Morgan fingerprint density at radius 3 is 2.52 bits per heavy atom. The third-order valence-corrected chi connectivity index (χ3v) is 4.17. The molecular formula is C20H24F3N3O3. The molecule has 0 radical (unpaired) electrons. The standard InChI is InChI=1S/C20H24F3N3O3/c1-12(2)10-19(4,26-18(27)28)11-29-17-6-5-14(9-15(17)20(21,22)23)16-7-8-24-13(3)25-16/h5-9,12,26H,10-11H2,1-4H3,(H,27,28). The molecule has 0 fully saturated rings. The number of alkyl halides is 3. The Morgan fingerprint density at radius 1 is 1.28 bits per heavy atom. The molecule has 1 amide bonds. The first-order valence-electron chi connectivity index (χ1n) is 9.05. The average Bonchev–Trinajstić information content (AvgIpc) is 2.57. The lowest BCUT2D eigenvalue weighted by molar-refractivity contribution is -0.139. The van der Waals surface area contributed by atoms with Crippen LogP contribution in [0.25, 0.3) is 11.3 Å². The number of carboxylic acid groups (broad SMARTS) is 1. The van der Waals surface area contributed by atoms with Gasteiger partial charge in [0.05, 0.1) is 16.8 Å². The van der Waals surface area contributed by atoms with Crippen LogP contribution in [-0.4, -0.2) is 33.3 Å². The summed E-state index contributed by atoms with van der Waals surface area (Å²) in [6.45, 7) is 6.79. The van der Waals surface area contributed by atoms with Crippen LogP contribution in [0.1, 0.15) is 38.6 Å². The number of hydrogen-bond acceptors (Lipinski definition) is 4. The topological polar surface area (TPSA) is 84.3 Å². The molecule has 9 heteroatoms. The Hall–Kier alpha value is -2.84. The van der Waals surface area contributed by atoms with Crippen LogP contribution in [0.3, 0.4) is 0 Å². The number of ether oxygens (including phenoxy) is 1. The van der Waals surface area contributed by atoms with Gasteiger partial charge in [0.25, 0.3) is 0 Å². The highest BCUT2D eigenvalue weighted by molar-refractivity contribution is 5.65. The normalized spacial score (nSPS) is 13.8. The number of hydrogen-bond donors (Lipinski definition) is 2. The van der Waals surface area contributed by atoms with Crippen molar-refractivity contribution in [3.63, 3.8) is 0 Å². The predicted octanol–water partition coefficient (Wildman–Crippen LogP) is 4.92. The molecule has 0 saturated heterocycles. The second kappa shape index (κ2) is 8.67. The minimum absolute atomic E-state index is 0.112. The molecule has 0 bridgehead atoms. The monoisotopic (exact) mass is 411 g/mol. The summed E-state index contributed by atoms with van der Waals surface area (Å²) in [5.41, 5.74) is -1.34. The molecule has 0 aliphatic heterocycles. The van der Waals surface area contributed by atoms with Crippen molar-refractivity contribution in [2.45, 2.75) is 45.8 Å². The van der Waals surface area contributed by atoms with Gasteiger partial charge in [-0.25, -0.2) is 14.8 Å². The average molecular weight is 411 g/mol. The molecule has 1 aromatic heterocycles. The Morgan fingerprint density at radius 2 is 1.97 bits per heavy atom. The molecule has 2 rings (SSSR count). The molecule has 6 nitrogen and oxygen atoms in total. The van der Waals surface area contributed by atoms with E-state index in [9.17, 15) is 18.0 Å². The van der Waals surface area contributed by atoms with Crippen molar-refractivity contribution >= 4 is 6.09 Å². The van der Waals surface area contributed by atoms with Gasteiger partial charge in [0.1, 0.15) is 18.2 Å². The van der Waals surface area contributed by atoms with E-state index in [0.29, 0.717) is 17.9 Å². The van der Waals surface area contributed by atoms with Crippen molar-refractivity contribution in [1.29, 1.82) is 0 Å². The Labute approximate surface area is 167 Å². The smallest absolute Gasteiger partial charge is 0.419 e. The van der Waals surface area contributed by atoms with Crippen LogP contribution in [0.5, 0.6) is 5.75 Å². The molecular weight excluding hydrogens is 387 g/mol. The largest absolute Gasteiger partial charge is 0.491 e. The molecule has 1 aromatic carbocycles. The van der Waals surface area contributed by atoms with E-state index in [2.05, 4.69) is 15.3 Å². The first kappa shape index (κ1) is 22.4. The predicted molar refractivity (Wildman–Crippen MR) is 102 cm³/mol. The van der Waals surface area contributed by atoms with Gasteiger partial charge in [-0.05, 0) is 50.5 Å². The Balaban J connectivity index is 2.35. The van der Waals surface area contributed by atoms with Crippen molar-refractivity contribution in [3.8, 4) is 17.0 Å². The second-order valence-corrected chi connectivity index (χ2v) is 7.58. The van der Waals surface area contributed by atoms with Crippen molar-refractivity contribution in [1.82, 2.24) is 15.3 Å². The van der Waals surface area contributed by atoms with Crippen LogP contribution in [0.4, 0.5) is 18.0 Å². The summed E-state index contributed by atoms with van der Waals surface area (Å²) in [4.78, 5) is 19.2. The summed E-state index contributed by atoms with van der Waals surface area (Å²) in [5.74, 6) is 0.190. The zero-order valence-electron chi connectivity index (χ0n) is 16.7. The zero-order chi connectivity index (χ0) is 21.8. The number of aryl methyl sites for hydroxylation is 1. The summed E-state index contributed by atoms with van der Waals surface area (Å²) < 4.78 is 46.4. The molecule has 1 unspecified atom stereocenters. The second-order valence-electron chi connectivity index (χ2n) is 7.58. The number of benzene rings is 1. The zero-order valence-corrected chi connectivity index (χ0v) is 16.7. The van der Waals surface area contributed by atoms with Crippen molar-refractivity contribution in [2.75, 3.05) is 6.61 Å². The third kappa shape index (κ3) is 6.33. The number of nitrogens with zero attached hydrogens (tertiary/aromatic N) is 2. The Bertz CT molecular complexity index is 872. The molecule has 0 spiro atoms. The molecule has 0 aliphatic carbocycles. The number of amides is 1. The fraction of sp³-hybridized carbons (Fsp3) is 0.450. The van der Waals surface area contributed by atoms with Gasteiger partial charge in [0.15, 0.2) is 0 Å². The minimum Gasteiger partial charge on any atom is -0.491 e. The van der Waals surface area contributed by atoms with Gasteiger partial charge >= 0.3 is 12.3 Å². The van der Waals surface area contributed by atoms with Gasteiger partial charge in [0, 0.05) is 11.8 Å².